The second-order valence-corrected chi connectivity index (χ2v) is 9.93. The molecule has 0 saturated carbocycles. The number of nitrogens with zero attached hydrogens (tertiary/aromatic N) is 1. The van der Waals surface area contributed by atoms with Crippen LogP contribution in [-0.4, -0.2) is 44.0 Å². The van der Waals surface area contributed by atoms with Gasteiger partial charge in [0, 0.05) is 11.6 Å². The lowest BCUT2D eigenvalue weighted by atomic mass is 10.1. The summed E-state index contributed by atoms with van der Waals surface area (Å²) in [7, 11) is 3.19. The summed E-state index contributed by atoms with van der Waals surface area (Å²) in [5.74, 6) is 1.26. The van der Waals surface area contributed by atoms with Crippen LogP contribution in [0.5, 0.6) is 11.5 Å². The van der Waals surface area contributed by atoms with E-state index in [0.29, 0.717) is 24.7 Å². The van der Waals surface area contributed by atoms with Crippen LogP contribution in [0, 0.1) is 0 Å². The predicted octanol–water partition coefficient (Wildman–Crippen LogP) is 7.20. The Morgan fingerprint density at radius 1 is 0.744 bits per heavy atom. The Balaban J connectivity index is 1.59. The Bertz CT molecular complexity index is 1400. The summed E-state index contributed by atoms with van der Waals surface area (Å²) in [5, 5.41) is 0. The smallest absolute Gasteiger partial charge is 0.410 e. The fraction of sp³-hybridized carbons (Fsp3) is 0.250. The Hall–Kier alpha value is -4.59. The number of rotatable bonds is 16. The summed E-state index contributed by atoms with van der Waals surface area (Å²) < 4.78 is 29.5. The van der Waals surface area contributed by atoms with Gasteiger partial charge in [-0.1, -0.05) is 97.1 Å². The molecule has 43 heavy (non-hydrogen) atoms. The highest BCUT2D eigenvalue weighted by atomic mass is 16.6. The molecule has 0 aromatic heterocycles. The van der Waals surface area contributed by atoms with Crippen LogP contribution < -0.4 is 9.47 Å². The monoisotopic (exact) mass is 581 g/mol. The standard InChI is InChI=1S/C36H39NO6/c1-4-33(41-25-28-14-8-5-9-15-28)35(42-26-29-16-10-6-11-17-29)24-37(36(38)43-27-30-18-12-7-13-19-30)23-31-20-21-32(39-2)22-34(31)40-3/h4-22,33,35H,1,23-27H2,2-3H3/t33-,35-/m0/s1. The van der Waals surface area contributed by atoms with Crippen molar-refractivity contribution in [3.05, 3.63) is 144 Å². The van der Waals surface area contributed by atoms with Gasteiger partial charge in [0.05, 0.1) is 40.5 Å². The quantitative estimate of drug-likeness (QED) is 0.130. The van der Waals surface area contributed by atoms with Gasteiger partial charge in [0.15, 0.2) is 0 Å². The van der Waals surface area contributed by atoms with Gasteiger partial charge in [-0.25, -0.2) is 4.79 Å². The largest absolute Gasteiger partial charge is 0.497 e. The van der Waals surface area contributed by atoms with Gasteiger partial charge in [-0.05, 0) is 28.8 Å². The highest BCUT2D eigenvalue weighted by Gasteiger charge is 2.28. The molecule has 0 spiro atoms. The number of hydrogen-bond donors (Lipinski definition) is 0. The third-order valence-electron chi connectivity index (χ3n) is 6.91. The van der Waals surface area contributed by atoms with Crippen molar-refractivity contribution in [1.82, 2.24) is 4.90 Å². The normalized spacial score (nSPS) is 12.1. The summed E-state index contributed by atoms with van der Waals surface area (Å²) in [5.41, 5.74) is 3.72. The number of amides is 1. The summed E-state index contributed by atoms with van der Waals surface area (Å²) in [6, 6.07) is 34.9. The van der Waals surface area contributed by atoms with Crippen molar-refractivity contribution < 1.29 is 28.5 Å². The van der Waals surface area contributed by atoms with E-state index in [1.165, 1.54) is 0 Å². The van der Waals surface area contributed by atoms with Crippen LogP contribution in [0.3, 0.4) is 0 Å². The van der Waals surface area contributed by atoms with Crippen LogP contribution in [0.4, 0.5) is 4.79 Å². The van der Waals surface area contributed by atoms with Gasteiger partial charge in [0.2, 0.25) is 0 Å². The third kappa shape index (κ3) is 9.74. The molecular formula is C36H39NO6. The molecule has 224 valence electrons. The molecule has 0 unspecified atom stereocenters. The Labute approximate surface area is 254 Å². The zero-order valence-electron chi connectivity index (χ0n) is 24.8. The second kappa shape index (κ2) is 16.8. The highest BCUT2D eigenvalue weighted by molar-refractivity contribution is 5.68. The maximum Gasteiger partial charge on any atom is 0.410 e. The van der Waals surface area contributed by atoms with Crippen LogP contribution in [-0.2, 0) is 40.6 Å². The van der Waals surface area contributed by atoms with E-state index >= 15 is 0 Å². The van der Waals surface area contributed by atoms with E-state index in [9.17, 15) is 4.79 Å². The van der Waals surface area contributed by atoms with Crippen molar-refractivity contribution >= 4 is 6.09 Å². The summed E-state index contributed by atoms with van der Waals surface area (Å²) in [6.45, 7) is 5.28. The molecule has 0 bridgehead atoms. The van der Waals surface area contributed by atoms with Crippen LogP contribution in [0.2, 0.25) is 0 Å². The highest BCUT2D eigenvalue weighted by Crippen LogP contribution is 2.27. The first-order chi connectivity index (χ1) is 21.1. The van der Waals surface area contributed by atoms with E-state index in [0.717, 1.165) is 22.3 Å². The van der Waals surface area contributed by atoms with Crippen LogP contribution >= 0.6 is 0 Å². The first kappa shape index (κ1) is 31.3. The van der Waals surface area contributed by atoms with Gasteiger partial charge in [0.1, 0.15) is 30.3 Å². The van der Waals surface area contributed by atoms with Crippen molar-refractivity contribution in [2.24, 2.45) is 0 Å². The Kier molecular flexibility index (Phi) is 12.2. The van der Waals surface area contributed by atoms with Gasteiger partial charge < -0.3 is 28.6 Å². The summed E-state index contributed by atoms with van der Waals surface area (Å²) >= 11 is 0. The number of ether oxygens (including phenoxy) is 5. The Morgan fingerprint density at radius 2 is 1.30 bits per heavy atom. The van der Waals surface area contributed by atoms with E-state index in [2.05, 4.69) is 6.58 Å². The molecule has 0 aliphatic rings. The molecule has 7 heteroatoms. The van der Waals surface area contributed by atoms with E-state index in [1.807, 2.05) is 103 Å². The molecule has 0 saturated heterocycles. The zero-order chi connectivity index (χ0) is 30.3. The maximum absolute atomic E-state index is 13.7. The molecule has 7 nitrogen and oxygen atoms in total. The number of carbonyl (C=O) groups excluding carboxylic acids is 1. The molecule has 2 atom stereocenters. The van der Waals surface area contributed by atoms with Crippen molar-refractivity contribution in [2.75, 3.05) is 20.8 Å². The molecule has 0 heterocycles. The lowest BCUT2D eigenvalue weighted by Gasteiger charge is -2.31. The second-order valence-electron chi connectivity index (χ2n) is 9.93. The average molecular weight is 582 g/mol. The molecule has 4 aromatic rings. The minimum absolute atomic E-state index is 0.140. The van der Waals surface area contributed by atoms with Crippen LogP contribution in [0.1, 0.15) is 22.3 Å². The van der Waals surface area contributed by atoms with Crippen molar-refractivity contribution in [3.63, 3.8) is 0 Å². The lowest BCUT2D eigenvalue weighted by molar-refractivity contribution is -0.0758. The van der Waals surface area contributed by atoms with E-state index < -0.39 is 18.3 Å². The zero-order valence-corrected chi connectivity index (χ0v) is 24.8. The van der Waals surface area contributed by atoms with Gasteiger partial charge >= 0.3 is 6.09 Å². The minimum atomic E-state index is -0.546. The SMILES string of the molecule is C=C[C@H](OCc1ccccc1)[C@H](CN(Cc1ccc(OC)cc1OC)C(=O)OCc1ccccc1)OCc1ccccc1. The van der Waals surface area contributed by atoms with Gasteiger partial charge in [-0.2, -0.15) is 0 Å². The van der Waals surface area contributed by atoms with Gasteiger partial charge in [-0.3, -0.25) is 0 Å². The van der Waals surface area contributed by atoms with Crippen LogP contribution in [0.15, 0.2) is 122 Å². The number of carbonyl (C=O) groups is 1. The van der Waals surface area contributed by atoms with Gasteiger partial charge in [0.25, 0.3) is 0 Å². The number of benzene rings is 4. The molecule has 0 N–H and O–H groups in total. The van der Waals surface area contributed by atoms with E-state index in [-0.39, 0.29) is 19.7 Å². The van der Waals surface area contributed by atoms with Crippen LogP contribution in [0.25, 0.3) is 0 Å². The predicted molar refractivity (Wildman–Crippen MR) is 167 cm³/mol. The third-order valence-corrected chi connectivity index (χ3v) is 6.91. The number of hydrogen-bond acceptors (Lipinski definition) is 6. The molecule has 4 rings (SSSR count). The fourth-order valence-electron chi connectivity index (χ4n) is 4.54. The average Bonchev–Trinajstić information content (AvgIpc) is 3.07. The van der Waals surface area contributed by atoms with Crippen molar-refractivity contribution in [1.29, 1.82) is 0 Å². The van der Waals surface area contributed by atoms with E-state index in [1.54, 1.807) is 31.3 Å². The topological polar surface area (TPSA) is 66.5 Å². The molecule has 0 radical (unpaired) electrons. The number of methoxy groups -OCH3 is 2. The Morgan fingerprint density at radius 3 is 1.84 bits per heavy atom. The van der Waals surface area contributed by atoms with E-state index in [4.69, 9.17) is 23.7 Å². The molecule has 0 aliphatic heterocycles. The fourth-order valence-corrected chi connectivity index (χ4v) is 4.54. The van der Waals surface area contributed by atoms with Crippen molar-refractivity contribution in [2.45, 2.75) is 38.6 Å². The summed E-state index contributed by atoms with van der Waals surface area (Å²) in [4.78, 5) is 15.3. The van der Waals surface area contributed by atoms with Crippen molar-refractivity contribution in [3.8, 4) is 11.5 Å². The van der Waals surface area contributed by atoms with Gasteiger partial charge in [-0.15, -0.1) is 6.58 Å². The molecule has 0 fully saturated rings. The molecule has 4 aromatic carbocycles. The minimum Gasteiger partial charge on any atom is -0.497 e. The lowest BCUT2D eigenvalue weighted by Crippen LogP contribution is -2.44. The molecule has 0 aliphatic carbocycles. The first-order valence-electron chi connectivity index (χ1n) is 14.2. The molecule has 1 amide bonds. The maximum atomic E-state index is 13.7. The summed E-state index contributed by atoms with van der Waals surface area (Å²) in [6.07, 6.45) is 0.182. The molecular weight excluding hydrogens is 542 g/mol. The first-order valence-corrected chi connectivity index (χ1v) is 14.2.